The van der Waals surface area contributed by atoms with E-state index in [0.29, 0.717) is 4.90 Å². The van der Waals surface area contributed by atoms with E-state index in [4.69, 9.17) is 10.5 Å². The highest BCUT2D eigenvalue weighted by atomic mass is 32.2. The third-order valence-electron chi connectivity index (χ3n) is 2.68. The fraction of sp³-hybridized carbons (Fsp3) is 0.467. The van der Waals surface area contributed by atoms with Gasteiger partial charge in [0, 0.05) is 10.6 Å². The normalized spacial score (nSPS) is 12.2. The molecule has 0 bridgehead atoms. The van der Waals surface area contributed by atoms with E-state index in [1.54, 1.807) is 20.8 Å². The number of anilines is 1. The Morgan fingerprint density at radius 1 is 1.36 bits per heavy atom. The number of thioether (sulfide) groups is 1. The molecule has 0 radical (unpaired) electrons. The first-order chi connectivity index (χ1) is 11.5. The van der Waals surface area contributed by atoms with Crippen molar-refractivity contribution in [3.05, 3.63) is 17.8 Å². The maximum Gasteiger partial charge on any atom is 0.408 e. The number of hydrogen-bond donors (Lipinski definition) is 3. The summed E-state index contributed by atoms with van der Waals surface area (Å²) in [5, 5.41) is 11.5. The van der Waals surface area contributed by atoms with Gasteiger partial charge in [-0.3, -0.25) is 0 Å². The highest BCUT2D eigenvalue weighted by Gasteiger charge is 2.24. The van der Waals surface area contributed by atoms with Gasteiger partial charge in [0.05, 0.1) is 7.11 Å². The first kappa shape index (κ1) is 20.6. The van der Waals surface area contributed by atoms with E-state index in [2.05, 4.69) is 15.0 Å². The van der Waals surface area contributed by atoms with E-state index in [1.807, 2.05) is 0 Å². The van der Waals surface area contributed by atoms with Gasteiger partial charge in [-0.15, -0.1) is 11.8 Å². The number of rotatable bonds is 6. The smallest absolute Gasteiger partial charge is 0.408 e. The molecule has 0 aliphatic carbocycles. The summed E-state index contributed by atoms with van der Waals surface area (Å²) in [5.74, 6) is -1.78. The average Bonchev–Trinajstić information content (AvgIpc) is 2.49. The van der Waals surface area contributed by atoms with E-state index in [9.17, 15) is 19.5 Å². The Hall–Kier alpha value is -2.49. The number of alkyl carbamates (subject to hydrolysis) is 1. The van der Waals surface area contributed by atoms with Gasteiger partial charge in [-0.05, 0) is 32.9 Å². The Labute approximate surface area is 149 Å². The number of aromatic nitrogens is 1. The van der Waals surface area contributed by atoms with Gasteiger partial charge in [-0.25, -0.2) is 19.4 Å². The molecule has 4 N–H and O–H groups in total. The summed E-state index contributed by atoms with van der Waals surface area (Å²) in [6.45, 7) is 5.02. The Morgan fingerprint density at radius 2 is 2.00 bits per heavy atom. The van der Waals surface area contributed by atoms with Crippen LogP contribution in [-0.2, 0) is 14.3 Å². The van der Waals surface area contributed by atoms with Crippen molar-refractivity contribution in [2.24, 2.45) is 0 Å². The molecule has 0 aromatic carbocycles. The molecule has 1 atom stereocenters. The quantitative estimate of drug-likeness (QED) is 0.501. The van der Waals surface area contributed by atoms with Crippen LogP contribution in [0.4, 0.5) is 10.6 Å². The molecule has 1 heterocycles. The number of amides is 1. The molecule has 10 heteroatoms. The Morgan fingerprint density at radius 3 is 2.48 bits per heavy atom. The Balaban J connectivity index is 2.73. The van der Waals surface area contributed by atoms with Gasteiger partial charge >= 0.3 is 18.0 Å². The molecule has 0 spiro atoms. The average molecular weight is 371 g/mol. The maximum atomic E-state index is 11.7. The lowest BCUT2D eigenvalue weighted by atomic mass is 10.2. The van der Waals surface area contributed by atoms with Crippen molar-refractivity contribution in [3.8, 4) is 0 Å². The van der Waals surface area contributed by atoms with Crippen LogP contribution < -0.4 is 11.1 Å². The minimum absolute atomic E-state index is 0.00196. The number of nitrogen functional groups attached to an aromatic ring is 1. The summed E-state index contributed by atoms with van der Waals surface area (Å²) in [4.78, 5) is 38.8. The minimum atomic E-state index is -1.21. The zero-order valence-electron chi connectivity index (χ0n) is 14.4. The lowest BCUT2D eigenvalue weighted by molar-refractivity contribution is -0.138. The Bertz CT molecular complexity index is 659. The van der Waals surface area contributed by atoms with Gasteiger partial charge in [0.15, 0.2) is 5.69 Å². The molecule has 0 saturated carbocycles. The molecule has 1 amide bonds. The van der Waals surface area contributed by atoms with Crippen LogP contribution in [0.3, 0.4) is 0 Å². The van der Waals surface area contributed by atoms with Crippen LogP contribution in [0.2, 0.25) is 0 Å². The molecule has 0 fully saturated rings. The van der Waals surface area contributed by atoms with E-state index < -0.39 is 29.7 Å². The Kier molecular flexibility index (Phi) is 7.04. The highest BCUT2D eigenvalue weighted by Crippen LogP contribution is 2.24. The van der Waals surface area contributed by atoms with E-state index >= 15 is 0 Å². The van der Waals surface area contributed by atoms with E-state index in [1.165, 1.54) is 19.2 Å². The lowest BCUT2D eigenvalue weighted by Gasteiger charge is -2.22. The number of carbonyl (C=O) groups is 3. The van der Waals surface area contributed by atoms with Crippen LogP contribution in [0.25, 0.3) is 0 Å². The largest absolute Gasteiger partial charge is 0.480 e. The number of pyridine rings is 1. The molecule has 0 saturated heterocycles. The predicted octanol–water partition coefficient (Wildman–Crippen LogP) is 1.52. The van der Waals surface area contributed by atoms with Crippen LogP contribution in [0.1, 0.15) is 31.3 Å². The number of methoxy groups -OCH3 is 1. The molecular weight excluding hydrogens is 350 g/mol. The summed E-state index contributed by atoms with van der Waals surface area (Å²) in [7, 11) is 1.22. The summed E-state index contributed by atoms with van der Waals surface area (Å²) < 4.78 is 9.58. The highest BCUT2D eigenvalue weighted by molar-refractivity contribution is 7.99. The number of ether oxygens (including phenoxy) is 2. The zero-order chi connectivity index (χ0) is 19.2. The van der Waals surface area contributed by atoms with Crippen molar-refractivity contribution < 1.29 is 29.0 Å². The summed E-state index contributed by atoms with van der Waals surface area (Å²) in [5.41, 5.74) is 5.07. The standard InChI is InChI=1S/C15H21N3O6S/c1-15(2,3)24-14(22)18-9(12(19)20)7-25-10-6-5-8(13(21)23-4)17-11(10)16/h5-6,9H,7H2,1-4H3,(H2,16,17)(H,18,22)(H,19,20). The fourth-order valence-corrected chi connectivity index (χ4v) is 2.53. The molecule has 25 heavy (non-hydrogen) atoms. The number of nitrogens with two attached hydrogens (primary N) is 1. The van der Waals surface area contributed by atoms with Gasteiger partial charge in [-0.1, -0.05) is 0 Å². The zero-order valence-corrected chi connectivity index (χ0v) is 15.2. The number of aliphatic carboxylic acids is 1. The van der Waals surface area contributed by atoms with Gasteiger partial charge < -0.3 is 25.6 Å². The van der Waals surface area contributed by atoms with Crippen LogP contribution in [0.5, 0.6) is 0 Å². The first-order valence-electron chi connectivity index (χ1n) is 7.23. The summed E-state index contributed by atoms with van der Waals surface area (Å²) in [6, 6.07) is 1.77. The van der Waals surface area contributed by atoms with Gasteiger partial charge in [0.1, 0.15) is 17.5 Å². The first-order valence-corrected chi connectivity index (χ1v) is 8.22. The van der Waals surface area contributed by atoms with Gasteiger partial charge in [0.25, 0.3) is 0 Å². The van der Waals surface area contributed by atoms with Gasteiger partial charge in [0.2, 0.25) is 0 Å². The molecule has 1 aromatic heterocycles. The number of carbonyl (C=O) groups excluding carboxylic acids is 2. The third kappa shape index (κ3) is 6.87. The molecule has 1 aromatic rings. The number of hydrogen-bond acceptors (Lipinski definition) is 8. The monoisotopic (exact) mass is 371 g/mol. The van der Waals surface area contributed by atoms with Gasteiger partial charge in [-0.2, -0.15) is 0 Å². The lowest BCUT2D eigenvalue weighted by Crippen LogP contribution is -2.44. The van der Waals surface area contributed by atoms with Crippen LogP contribution >= 0.6 is 11.8 Å². The maximum absolute atomic E-state index is 11.7. The topological polar surface area (TPSA) is 141 Å². The van der Waals surface area contributed by atoms with Crippen molar-refractivity contribution in [2.75, 3.05) is 18.6 Å². The number of carboxylic acid groups (broad SMARTS) is 1. The molecule has 138 valence electrons. The molecule has 0 aliphatic heterocycles. The van der Waals surface area contributed by atoms with Crippen LogP contribution in [0.15, 0.2) is 17.0 Å². The van der Waals surface area contributed by atoms with Crippen molar-refractivity contribution >= 4 is 35.6 Å². The van der Waals surface area contributed by atoms with E-state index in [0.717, 1.165) is 11.8 Å². The number of nitrogens with one attached hydrogen (secondary N) is 1. The number of nitrogens with zero attached hydrogens (tertiary/aromatic N) is 1. The molecule has 9 nitrogen and oxygen atoms in total. The second-order valence-corrected chi connectivity index (χ2v) is 6.98. The molecule has 1 rings (SSSR count). The summed E-state index contributed by atoms with van der Waals surface area (Å²) in [6.07, 6.45) is -0.826. The fourth-order valence-electron chi connectivity index (χ4n) is 1.60. The van der Waals surface area contributed by atoms with Crippen molar-refractivity contribution in [3.63, 3.8) is 0 Å². The SMILES string of the molecule is COC(=O)c1ccc(SCC(NC(=O)OC(C)(C)C)C(=O)O)c(N)n1. The second-order valence-electron chi connectivity index (χ2n) is 5.92. The van der Waals surface area contributed by atoms with Crippen molar-refractivity contribution in [1.29, 1.82) is 0 Å². The second kappa shape index (κ2) is 8.56. The minimum Gasteiger partial charge on any atom is -0.480 e. The van der Waals surface area contributed by atoms with Crippen LogP contribution in [-0.4, -0.2) is 52.6 Å². The van der Waals surface area contributed by atoms with E-state index in [-0.39, 0.29) is 17.3 Å². The predicted molar refractivity (Wildman–Crippen MR) is 91.5 cm³/mol. The number of esters is 1. The number of carboxylic acids is 1. The molecule has 0 aliphatic rings. The van der Waals surface area contributed by atoms with Crippen LogP contribution in [0, 0.1) is 0 Å². The molecular formula is C15H21N3O6S. The van der Waals surface area contributed by atoms with Crippen molar-refractivity contribution in [2.45, 2.75) is 37.3 Å². The molecule has 1 unspecified atom stereocenters. The summed E-state index contributed by atoms with van der Waals surface area (Å²) >= 11 is 1.08. The van der Waals surface area contributed by atoms with Crippen molar-refractivity contribution in [1.82, 2.24) is 10.3 Å². The third-order valence-corrected chi connectivity index (χ3v) is 3.83.